The Labute approximate surface area is 214 Å². The summed E-state index contributed by atoms with van der Waals surface area (Å²) >= 11 is 7.99. The van der Waals surface area contributed by atoms with Gasteiger partial charge in [-0.05, 0) is 70.1 Å². The molecular weight excluding hydrogens is 573 g/mol. The van der Waals surface area contributed by atoms with Crippen molar-refractivity contribution >= 4 is 57.5 Å². The van der Waals surface area contributed by atoms with Gasteiger partial charge in [-0.3, -0.25) is 14.9 Å². The number of amides is 1. The minimum absolute atomic E-state index is 0.0247. The van der Waals surface area contributed by atoms with Crippen LogP contribution in [0, 0.1) is 25.0 Å². The molecule has 0 radical (unpaired) electrons. The van der Waals surface area contributed by atoms with Crippen LogP contribution in [-0.4, -0.2) is 17.9 Å². The fourth-order valence-corrected chi connectivity index (χ4v) is 3.93. The van der Waals surface area contributed by atoms with Crippen molar-refractivity contribution in [3.63, 3.8) is 0 Å². The molecule has 0 spiro atoms. The number of ether oxygens (including phenoxy) is 2. The molecule has 0 aliphatic heterocycles. The van der Waals surface area contributed by atoms with E-state index in [1.165, 1.54) is 25.3 Å². The van der Waals surface area contributed by atoms with Gasteiger partial charge in [-0.1, -0.05) is 29.8 Å². The number of carbonyl (C=O) groups excluding carboxylic acids is 1. The smallest absolute Gasteiger partial charge is 0.269 e. The Balaban J connectivity index is 1.82. The van der Waals surface area contributed by atoms with Crippen molar-refractivity contribution in [1.29, 1.82) is 5.26 Å². The van der Waals surface area contributed by atoms with E-state index in [0.29, 0.717) is 36.9 Å². The number of nitriles is 1. The van der Waals surface area contributed by atoms with E-state index < -0.39 is 10.8 Å². The topological polar surface area (TPSA) is 114 Å². The number of halogens is 2. The number of anilines is 1. The van der Waals surface area contributed by atoms with Gasteiger partial charge in [0.05, 0.1) is 15.6 Å². The zero-order valence-electron chi connectivity index (χ0n) is 17.7. The molecule has 34 heavy (non-hydrogen) atoms. The number of nitrogens with one attached hydrogen (secondary N) is 1. The van der Waals surface area contributed by atoms with Crippen molar-refractivity contribution < 1.29 is 19.2 Å². The van der Waals surface area contributed by atoms with Gasteiger partial charge in [-0.2, -0.15) is 5.26 Å². The van der Waals surface area contributed by atoms with Crippen LogP contribution in [0.2, 0.25) is 5.02 Å². The van der Waals surface area contributed by atoms with Crippen LogP contribution in [0.1, 0.15) is 11.1 Å². The summed E-state index contributed by atoms with van der Waals surface area (Å²) in [7, 11) is 1.47. The zero-order chi connectivity index (χ0) is 24.7. The lowest BCUT2D eigenvalue weighted by molar-refractivity contribution is -0.384. The predicted octanol–water partition coefficient (Wildman–Crippen LogP) is 5.99. The van der Waals surface area contributed by atoms with Gasteiger partial charge < -0.3 is 14.8 Å². The Kier molecular flexibility index (Phi) is 8.45. The molecule has 3 aromatic carbocycles. The second kappa shape index (κ2) is 11.5. The van der Waals surface area contributed by atoms with Crippen molar-refractivity contribution in [2.45, 2.75) is 6.61 Å². The molecule has 3 rings (SSSR count). The summed E-state index contributed by atoms with van der Waals surface area (Å²) in [6, 6.07) is 18.0. The Morgan fingerprint density at radius 2 is 2.00 bits per heavy atom. The molecule has 8 nitrogen and oxygen atoms in total. The number of hydrogen-bond donors (Lipinski definition) is 1. The summed E-state index contributed by atoms with van der Waals surface area (Å²) in [6.45, 7) is 0.0920. The molecule has 0 aromatic heterocycles. The van der Waals surface area contributed by atoms with Gasteiger partial charge in [0.15, 0.2) is 11.5 Å². The lowest BCUT2D eigenvalue weighted by atomic mass is 10.1. The molecule has 0 bridgehead atoms. The molecule has 0 aliphatic rings. The first kappa shape index (κ1) is 25.0. The number of carbonyl (C=O) groups is 1. The fraction of sp³-hybridized carbons (Fsp3) is 0.0833. The number of methoxy groups -OCH3 is 1. The minimum atomic E-state index is -0.579. The third-order valence-electron chi connectivity index (χ3n) is 4.51. The van der Waals surface area contributed by atoms with Gasteiger partial charge in [-0.25, -0.2) is 0 Å². The Bertz CT molecular complexity index is 1320. The Hall–Kier alpha value is -3.62. The van der Waals surface area contributed by atoms with Gasteiger partial charge >= 0.3 is 0 Å². The molecule has 0 aliphatic carbocycles. The number of non-ortho nitro benzene ring substituents is 1. The standard InChI is InChI=1S/C24H17ClIN3O5/c1-33-22-11-16(8-17(13-27)24(30)28-19-6-3-5-18(25)12-19)10-21(26)23(22)34-14-15-4-2-7-20(9-15)29(31)32/h2-12H,14H2,1H3,(H,28,30)/b17-8+. The van der Waals surface area contributed by atoms with Gasteiger partial charge in [0.2, 0.25) is 0 Å². The monoisotopic (exact) mass is 589 g/mol. The van der Waals surface area contributed by atoms with Gasteiger partial charge in [-0.15, -0.1) is 0 Å². The number of nitro benzene ring substituents is 1. The number of nitro groups is 1. The highest BCUT2D eigenvalue weighted by Crippen LogP contribution is 2.35. The third kappa shape index (κ3) is 6.46. The molecule has 0 saturated carbocycles. The number of hydrogen-bond acceptors (Lipinski definition) is 6. The number of rotatable bonds is 8. The van der Waals surface area contributed by atoms with E-state index in [0.717, 1.165) is 0 Å². The van der Waals surface area contributed by atoms with Crippen LogP contribution in [0.3, 0.4) is 0 Å². The highest BCUT2D eigenvalue weighted by molar-refractivity contribution is 14.1. The summed E-state index contributed by atoms with van der Waals surface area (Å²) in [5.41, 5.74) is 1.52. The molecular formula is C24H17ClIN3O5. The third-order valence-corrected chi connectivity index (χ3v) is 5.55. The molecule has 0 atom stereocenters. The second-order valence-electron chi connectivity index (χ2n) is 6.88. The maximum Gasteiger partial charge on any atom is 0.269 e. The van der Waals surface area contributed by atoms with E-state index >= 15 is 0 Å². The molecule has 0 heterocycles. The van der Waals surface area contributed by atoms with Gasteiger partial charge in [0, 0.05) is 22.8 Å². The van der Waals surface area contributed by atoms with Crippen molar-refractivity contribution in [2.75, 3.05) is 12.4 Å². The van der Waals surface area contributed by atoms with Crippen molar-refractivity contribution in [3.05, 3.63) is 96.1 Å². The second-order valence-corrected chi connectivity index (χ2v) is 8.48. The van der Waals surface area contributed by atoms with Crippen molar-refractivity contribution in [2.24, 2.45) is 0 Å². The molecule has 0 fully saturated rings. The predicted molar refractivity (Wildman–Crippen MR) is 137 cm³/mol. The lowest BCUT2D eigenvalue weighted by Gasteiger charge is -2.14. The van der Waals surface area contributed by atoms with Crippen LogP contribution in [0.25, 0.3) is 6.08 Å². The summed E-state index contributed by atoms with van der Waals surface area (Å²) in [6.07, 6.45) is 1.44. The van der Waals surface area contributed by atoms with Crippen LogP contribution in [0.15, 0.2) is 66.2 Å². The summed E-state index contributed by atoms with van der Waals surface area (Å²) in [4.78, 5) is 23.1. The van der Waals surface area contributed by atoms with Crippen LogP contribution < -0.4 is 14.8 Å². The minimum Gasteiger partial charge on any atom is -0.493 e. The molecule has 0 saturated heterocycles. The normalized spacial score (nSPS) is 10.8. The van der Waals surface area contributed by atoms with E-state index in [1.54, 1.807) is 48.5 Å². The molecule has 0 unspecified atom stereocenters. The lowest BCUT2D eigenvalue weighted by Crippen LogP contribution is -2.13. The fourth-order valence-electron chi connectivity index (χ4n) is 2.96. The maximum atomic E-state index is 12.5. The largest absolute Gasteiger partial charge is 0.493 e. The van der Waals surface area contributed by atoms with Crippen LogP contribution in [-0.2, 0) is 11.4 Å². The molecule has 3 aromatic rings. The Morgan fingerprint density at radius 3 is 2.68 bits per heavy atom. The van der Waals surface area contributed by atoms with E-state index in [4.69, 9.17) is 21.1 Å². The van der Waals surface area contributed by atoms with Gasteiger partial charge in [0.1, 0.15) is 18.2 Å². The summed E-state index contributed by atoms with van der Waals surface area (Å²) in [5, 5.41) is 23.6. The first-order chi connectivity index (χ1) is 16.3. The van der Waals surface area contributed by atoms with Crippen LogP contribution in [0.4, 0.5) is 11.4 Å². The Morgan fingerprint density at radius 1 is 1.24 bits per heavy atom. The number of benzene rings is 3. The van der Waals surface area contributed by atoms with E-state index in [9.17, 15) is 20.2 Å². The number of nitrogens with zero attached hydrogens (tertiary/aromatic N) is 2. The molecule has 172 valence electrons. The molecule has 1 amide bonds. The first-order valence-electron chi connectivity index (χ1n) is 9.73. The average molecular weight is 590 g/mol. The summed E-state index contributed by atoms with van der Waals surface area (Å²) < 4.78 is 12.0. The molecule has 10 heteroatoms. The van der Waals surface area contributed by atoms with Gasteiger partial charge in [0.25, 0.3) is 11.6 Å². The van der Waals surface area contributed by atoms with E-state index in [1.807, 2.05) is 6.07 Å². The van der Waals surface area contributed by atoms with E-state index in [-0.39, 0.29) is 17.9 Å². The highest BCUT2D eigenvalue weighted by Gasteiger charge is 2.15. The SMILES string of the molecule is COc1cc(/C=C(\C#N)C(=O)Nc2cccc(Cl)c2)cc(I)c1OCc1cccc([N+](=O)[O-])c1. The highest BCUT2D eigenvalue weighted by atomic mass is 127. The van der Waals surface area contributed by atoms with Crippen LogP contribution >= 0.6 is 34.2 Å². The first-order valence-corrected chi connectivity index (χ1v) is 11.2. The summed E-state index contributed by atoms with van der Waals surface area (Å²) in [5.74, 6) is 0.245. The quantitative estimate of drug-likeness (QED) is 0.114. The zero-order valence-corrected chi connectivity index (χ0v) is 20.7. The van der Waals surface area contributed by atoms with E-state index in [2.05, 4.69) is 27.9 Å². The average Bonchev–Trinajstić information content (AvgIpc) is 2.81. The molecule has 1 N–H and O–H groups in total. The van der Waals surface area contributed by atoms with Crippen molar-refractivity contribution in [1.82, 2.24) is 0 Å². The van der Waals surface area contributed by atoms with Crippen molar-refractivity contribution in [3.8, 4) is 17.6 Å². The van der Waals surface area contributed by atoms with Crippen LogP contribution in [0.5, 0.6) is 11.5 Å². The maximum absolute atomic E-state index is 12.5.